The summed E-state index contributed by atoms with van der Waals surface area (Å²) < 4.78 is 0. The SMILES string of the molecule is O=C(NCC1CCCN(C(=O)C2CSCN2)C1)c1ccccc1. The highest BCUT2D eigenvalue weighted by Gasteiger charge is 2.30. The van der Waals surface area contributed by atoms with Crippen molar-refractivity contribution in [1.29, 1.82) is 0 Å². The fourth-order valence-corrected chi connectivity index (χ4v) is 4.07. The molecule has 2 fully saturated rings. The molecule has 0 aliphatic carbocycles. The van der Waals surface area contributed by atoms with Crippen molar-refractivity contribution >= 4 is 23.6 Å². The average molecular weight is 333 g/mol. The Bertz CT molecular complexity index is 546. The van der Waals surface area contributed by atoms with Gasteiger partial charge in [-0.2, -0.15) is 0 Å². The summed E-state index contributed by atoms with van der Waals surface area (Å²) in [4.78, 5) is 26.5. The monoisotopic (exact) mass is 333 g/mol. The van der Waals surface area contributed by atoms with Crippen molar-refractivity contribution in [2.75, 3.05) is 31.3 Å². The van der Waals surface area contributed by atoms with Crippen LogP contribution >= 0.6 is 11.8 Å². The molecule has 23 heavy (non-hydrogen) atoms. The first-order valence-corrected chi connectivity index (χ1v) is 9.32. The largest absolute Gasteiger partial charge is 0.352 e. The lowest BCUT2D eigenvalue weighted by atomic mass is 9.97. The number of hydrogen-bond donors (Lipinski definition) is 2. The van der Waals surface area contributed by atoms with E-state index in [4.69, 9.17) is 0 Å². The van der Waals surface area contributed by atoms with E-state index in [0.29, 0.717) is 18.0 Å². The molecule has 2 aliphatic heterocycles. The Morgan fingerprint density at radius 2 is 2.13 bits per heavy atom. The summed E-state index contributed by atoms with van der Waals surface area (Å²) in [6.07, 6.45) is 2.07. The Kier molecular flexibility index (Phi) is 5.56. The van der Waals surface area contributed by atoms with E-state index in [0.717, 1.165) is 37.6 Å². The second-order valence-electron chi connectivity index (χ2n) is 6.14. The topological polar surface area (TPSA) is 61.4 Å². The van der Waals surface area contributed by atoms with E-state index in [2.05, 4.69) is 10.6 Å². The van der Waals surface area contributed by atoms with E-state index in [1.165, 1.54) is 0 Å². The second kappa shape index (κ2) is 7.84. The molecule has 6 heteroatoms. The molecule has 0 bridgehead atoms. The van der Waals surface area contributed by atoms with Crippen molar-refractivity contribution < 1.29 is 9.59 Å². The molecule has 124 valence electrons. The summed E-state index contributed by atoms with van der Waals surface area (Å²) in [6.45, 7) is 2.21. The minimum atomic E-state index is -0.0390. The fourth-order valence-electron chi connectivity index (χ4n) is 3.13. The Balaban J connectivity index is 1.48. The molecule has 0 spiro atoms. The smallest absolute Gasteiger partial charge is 0.251 e. The van der Waals surface area contributed by atoms with Gasteiger partial charge in [-0.15, -0.1) is 11.8 Å². The molecule has 2 N–H and O–H groups in total. The van der Waals surface area contributed by atoms with Crippen LogP contribution in [0.15, 0.2) is 30.3 Å². The number of nitrogens with zero attached hydrogens (tertiary/aromatic N) is 1. The summed E-state index contributed by atoms with van der Waals surface area (Å²) in [5, 5.41) is 6.24. The molecular formula is C17H23N3O2S. The van der Waals surface area contributed by atoms with Gasteiger partial charge < -0.3 is 10.2 Å². The molecule has 2 unspecified atom stereocenters. The van der Waals surface area contributed by atoms with E-state index < -0.39 is 0 Å². The van der Waals surface area contributed by atoms with Gasteiger partial charge >= 0.3 is 0 Å². The van der Waals surface area contributed by atoms with Crippen molar-refractivity contribution in [2.45, 2.75) is 18.9 Å². The summed E-state index contributed by atoms with van der Waals surface area (Å²) >= 11 is 1.77. The molecule has 5 nitrogen and oxygen atoms in total. The number of amides is 2. The van der Waals surface area contributed by atoms with Gasteiger partial charge in [0.25, 0.3) is 5.91 Å². The van der Waals surface area contributed by atoms with Crippen molar-refractivity contribution in [2.24, 2.45) is 5.92 Å². The molecule has 1 aromatic rings. The summed E-state index contributed by atoms with van der Waals surface area (Å²) in [5.74, 6) is 2.25. The third-order valence-electron chi connectivity index (χ3n) is 4.43. The van der Waals surface area contributed by atoms with Crippen LogP contribution in [0.3, 0.4) is 0 Å². The van der Waals surface area contributed by atoms with Crippen LogP contribution in [-0.2, 0) is 4.79 Å². The van der Waals surface area contributed by atoms with Gasteiger partial charge in [0.15, 0.2) is 0 Å². The zero-order chi connectivity index (χ0) is 16.1. The first kappa shape index (κ1) is 16.3. The Morgan fingerprint density at radius 1 is 1.30 bits per heavy atom. The number of likely N-dealkylation sites (tertiary alicyclic amines) is 1. The molecule has 3 rings (SSSR count). The molecule has 1 aromatic carbocycles. The molecule has 2 atom stereocenters. The van der Waals surface area contributed by atoms with Crippen LogP contribution in [0.1, 0.15) is 23.2 Å². The van der Waals surface area contributed by atoms with Crippen molar-refractivity contribution in [3.05, 3.63) is 35.9 Å². The molecular weight excluding hydrogens is 310 g/mol. The maximum Gasteiger partial charge on any atom is 0.251 e. The molecule has 0 aromatic heterocycles. The Hall–Kier alpha value is -1.53. The van der Waals surface area contributed by atoms with E-state index in [1.54, 1.807) is 11.8 Å². The van der Waals surface area contributed by atoms with Crippen LogP contribution in [0.5, 0.6) is 0 Å². The molecule has 2 saturated heterocycles. The minimum absolute atomic E-state index is 0.0299. The zero-order valence-corrected chi connectivity index (χ0v) is 14.0. The number of benzene rings is 1. The summed E-state index contributed by atoms with van der Waals surface area (Å²) in [7, 11) is 0. The van der Waals surface area contributed by atoms with Gasteiger partial charge in [0.2, 0.25) is 5.91 Å². The van der Waals surface area contributed by atoms with Crippen LogP contribution in [0, 0.1) is 5.92 Å². The number of carbonyl (C=O) groups is 2. The molecule has 2 amide bonds. The van der Waals surface area contributed by atoms with Gasteiger partial charge in [0.05, 0.1) is 6.04 Å². The fraction of sp³-hybridized carbons (Fsp3) is 0.529. The molecule has 0 saturated carbocycles. The van der Waals surface area contributed by atoms with Crippen LogP contribution in [0.2, 0.25) is 0 Å². The highest BCUT2D eigenvalue weighted by molar-refractivity contribution is 7.99. The quantitative estimate of drug-likeness (QED) is 0.872. The lowest BCUT2D eigenvalue weighted by molar-refractivity contribution is -0.134. The van der Waals surface area contributed by atoms with E-state index in [9.17, 15) is 9.59 Å². The second-order valence-corrected chi connectivity index (χ2v) is 7.17. The maximum atomic E-state index is 12.5. The van der Waals surface area contributed by atoms with Crippen LogP contribution < -0.4 is 10.6 Å². The predicted molar refractivity (Wildman–Crippen MR) is 92.3 cm³/mol. The van der Waals surface area contributed by atoms with E-state index >= 15 is 0 Å². The first-order valence-electron chi connectivity index (χ1n) is 8.17. The number of piperidine rings is 1. The highest BCUT2D eigenvalue weighted by atomic mass is 32.2. The molecule has 2 aliphatic rings. The lowest BCUT2D eigenvalue weighted by Gasteiger charge is -2.34. The minimum Gasteiger partial charge on any atom is -0.352 e. The van der Waals surface area contributed by atoms with Crippen molar-refractivity contribution in [3.8, 4) is 0 Å². The van der Waals surface area contributed by atoms with E-state index in [1.807, 2.05) is 35.2 Å². The van der Waals surface area contributed by atoms with Gasteiger partial charge in [-0.25, -0.2) is 0 Å². The normalized spacial score (nSPS) is 24.4. The van der Waals surface area contributed by atoms with Gasteiger partial charge in [0, 0.05) is 36.8 Å². The van der Waals surface area contributed by atoms with Gasteiger partial charge in [0.1, 0.15) is 0 Å². The molecule has 2 heterocycles. The van der Waals surface area contributed by atoms with Gasteiger partial charge in [-0.05, 0) is 30.9 Å². The number of nitrogens with one attached hydrogen (secondary N) is 2. The summed E-state index contributed by atoms with van der Waals surface area (Å²) in [6, 6.07) is 9.23. The molecule has 0 radical (unpaired) electrons. The Labute approximate surface area is 141 Å². The van der Waals surface area contributed by atoms with Crippen LogP contribution in [0.25, 0.3) is 0 Å². The highest BCUT2D eigenvalue weighted by Crippen LogP contribution is 2.19. The van der Waals surface area contributed by atoms with E-state index in [-0.39, 0.29) is 17.9 Å². The third kappa shape index (κ3) is 4.26. The first-order chi connectivity index (χ1) is 11.2. The van der Waals surface area contributed by atoms with Crippen LogP contribution in [-0.4, -0.2) is 54.0 Å². The number of thioether (sulfide) groups is 1. The number of carbonyl (C=O) groups excluding carboxylic acids is 2. The Morgan fingerprint density at radius 3 is 2.87 bits per heavy atom. The third-order valence-corrected chi connectivity index (χ3v) is 5.37. The van der Waals surface area contributed by atoms with Gasteiger partial charge in [-0.3, -0.25) is 14.9 Å². The number of hydrogen-bond acceptors (Lipinski definition) is 4. The van der Waals surface area contributed by atoms with Crippen molar-refractivity contribution in [3.63, 3.8) is 0 Å². The maximum absolute atomic E-state index is 12.5. The lowest BCUT2D eigenvalue weighted by Crippen LogP contribution is -2.50. The van der Waals surface area contributed by atoms with Gasteiger partial charge in [-0.1, -0.05) is 18.2 Å². The standard InChI is InChI=1S/C17H23N3O2S/c21-16(14-6-2-1-3-7-14)18-9-13-5-4-8-20(10-13)17(22)15-11-23-12-19-15/h1-3,6-7,13,15,19H,4-5,8-12H2,(H,18,21). The zero-order valence-electron chi connectivity index (χ0n) is 13.2. The van der Waals surface area contributed by atoms with Crippen molar-refractivity contribution in [1.82, 2.24) is 15.5 Å². The number of rotatable bonds is 4. The average Bonchev–Trinajstić information content (AvgIpc) is 3.14. The van der Waals surface area contributed by atoms with Crippen LogP contribution in [0.4, 0.5) is 0 Å². The summed E-state index contributed by atoms with van der Waals surface area (Å²) in [5.41, 5.74) is 0.684. The predicted octanol–water partition coefficient (Wildman–Crippen LogP) is 1.32.